The third-order valence-corrected chi connectivity index (χ3v) is 2.57. The Morgan fingerprint density at radius 3 is 2.53 bits per heavy atom. The molecule has 1 N–H and O–H groups in total. The quantitative estimate of drug-likeness (QED) is 0.579. The van der Waals surface area contributed by atoms with Crippen molar-refractivity contribution in [3.63, 3.8) is 0 Å². The predicted molar refractivity (Wildman–Crippen MR) is 70.6 cm³/mol. The summed E-state index contributed by atoms with van der Waals surface area (Å²) in [6.07, 6.45) is 0. The summed E-state index contributed by atoms with van der Waals surface area (Å²) < 4.78 is 0. The largest absolute Gasteiger partial charge is 0.269 e. The van der Waals surface area contributed by atoms with Crippen LogP contribution in [0.5, 0.6) is 0 Å². The summed E-state index contributed by atoms with van der Waals surface area (Å²) in [4.78, 5) is 0. The molecular formula is C15H12N2. The summed E-state index contributed by atoms with van der Waals surface area (Å²) in [6, 6.07) is 17.9. The van der Waals surface area contributed by atoms with E-state index < -0.39 is 0 Å². The van der Waals surface area contributed by atoms with Crippen LogP contribution in [0, 0.1) is 11.8 Å². The van der Waals surface area contributed by atoms with Crippen LogP contribution in [0.25, 0.3) is 10.9 Å². The van der Waals surface area contributed by atoms with E-state index in [1.54, 1.807) is 0 Å². The van der Waals surface area contributed by atoms with Gasteiger partial charge in [-0.2, -0.15) is 5.10 Å². The molecule has 1 heterocycles. The van der Waals surface area contributed by atoms with Crippen LogP contribution in [0.15, 0.2) is 54.6 Å². The molecule has 0 unspecified atom stereocenters. The lowest BCUT2D eigenvalue weighted by Crippen LogP contribution is -1.76. The fourth-order valence-electron chi connectivity index (χ4n) is 1.71. The molecule has 17 heavy (non-hydrogen) atoms. The van der Waals surface area contributed by atoms with E-state index in [4.69, 9.17) is 0 Å². The second kappa shape index (κ2) is 4.15. The van der Waals surface area contributed by atoms with Crippen LogP contribution < -0.4 is 0 Å². The van der Waals surface area contributed by atoms with Crippen LogP contribution in [0.3, 0.4) is 0 Å². The average molecular weight is 220 g/mol. The van der Waals surface area contributed by atoms with Gasteiger partial charge in [-0.05, 0) is 30.2 Å². The molecule has 0 bridgehead atoms. The molecule has 0 spiro atoms. The first kappa shape index (κ1) is 9.68. The van der Waals surface area contributed by atoms with E-state index in [0.717, 1.165) is 22.2 Å². The Kier molecular flexibility index (Phi) is 2.36. The number of hydrogen-bond donors (Lipinski definition) is 1. The zero-order valence-corrected chi connectivity index (χ0v) is 9.14. The molecule has 0 saturated carbocycles. The number of aromatic amines is 1. The summed E-state index contributed by atoms with van der Waals surface area (Å²) in [5.41, 5.74) is 2.82. The smallest absolute Gasteiger partial charge is 0.116 e. The van der Waals surface area contributed by atoms with E-state index in [0.29, 0.717) is 0 Å². The molecule has 0 radical (unpaired) electrons. The first-order valence-corrected chi connectivity index (χ1v) is 5.44. The fraction of sp³-hybridized carbons (Fsp3) is 0. The number of aromatic nitrogens is 2. The van der Waals surface area contributed by atoms with Crippen LogP contribution in [0.2, 0.25) is 0 Å². The van der Waals surface area contributed by atoms with Crippen LogP contribution in [-0.4, -0.2) is 10.2 Å². The zero-order valence-electron chi connectivity index (χ0n) is 9.14. The van der Waals surface area contributed by atoms with E-state index in [2.05, 4.69) is 22.0 Å². The van der Waals surface area contributed by atoms with Crippen LogP contribution >= 0.6 is 0 Å². The van der Waals surface area contributed by atoms with Gasteiger partial charge in [0.25, 0.3) is 0 Å². The normalized spacial score (nSPS) is 9.88. The molecule has 0 amide bonds. The molecule has 0 atom stereocenters. The van der Waals surface area contributed by atoms with E-state index in [9.17, 15) is 0 Å². The molecule has 0 saturated heterocycles. The standard InChI is InChI=1S/C15H10N2.H2/c1-2-6-12(7-3-1)10-11-15-13-8-4-5-9-14(13)16-17-15;/h1-9H,(H,16,17);1H. The molecule has 2 aromatic carbocycles. The Balaban J connectivity index is 0.00000120. The molecule has 2 nitrogen and oxygen atoms in total. The van der Waals surface area contributed by atoms with Crippen LogP contribution in [0.1, 0.15) is 12.7 Å². The van der Waals surface area contributed by atoms with Gasteiger partial charge in [-0.1, -0.05) is 36.3 Å². The highest BCUT2D eigenvalue weighted by Gasteiger charge is 1.99. The Morgan fingerprint density at radius 2 is 1.65 bits per heavy atom. The van der Waals surface area contributed by atoms with E-state index in [1.165, 1.54) is 0 Å². The van der Waals surface area contributed by atoms with Gasteiger partial charge >= 0.3 is 0 Å². The van der Waals surface area contributed by atoms with Crippen molar-refractivity contribution >= 4 is 10.9 Å². The Morgan fingerprint density at radius 1 is 0.882 bits per heavy atom. The van der Waals surface area contributed by atoms with Crippen molar-refractivity contribution in [3.8, 4) is 11.8 Å². The van der Waals surface area contributed by atoms with Crippen molar-refractivity contribution in [3.05, 3.63) is 65.9 Å². The maximum atomic E-state index is 4.20. The molecule has 0 aliphatic heterocycles. The van der Waals surface area contributed by atoms with Crippen molar-refractivity contribution in [2.24, 2.45) is 0 Å². The minimum Gasteiger partial charge on any atom is -0.269 e. The molecule has 3 aromatic rings. The number of fused-ring (bicyclic) bond motifs is 1. The zero-order chi connectivity index (χ0) is 11.5. The summed E-state index contributed by atoms with van der Waals surface area (Å²) in [5, 5.41) is 8.23. The maximum Gasteiger partial charge on any atom is 0.116 e. The fourth-order valence-corrected chi connectivity index (χ4v) is 1.71. The van der Waals surface area contributed by atoms with Gasteiger partial charge in [0.15, 0.2) is 0 Å². The average Bonchev–Trinajstić information content (AvgIpc) is 2.81. The number of hydrogen-bond acceptors (Lipinski definition) is 1. The SMILES string of the molecule is C(#Cc1[nH]nc2ccccc12)c1ccccc1.[HH]. The molecule has 0 aliphatic rings. The number of H-pyrrole nitrogens is 1. The highest BCUT2D eigenvalue weighted by Crippen LogP contribution is 2.13. The number of nitrogens with one attached hydrogen (secondary N) is 1. The lowest BCUT2D eigenvalue weighted by atomic mass is 10.2. The van der Waals surface area contributed by atoms with E-state index >= 15 is 0 Å². The van der Waals surface area contributed by atoms with Crippen molar-refractivity contribution in [1.82, 2.24) is 10.2 Å². The number of nitrogens with zero attached hydrogens (tertiary/aromatic N) is 1. The monoisotopic (exact) mass is 220 g/mol. The molecule has 0 aliphatic carbocycles. The second-order valence-corrected chi connectivity index (χ2v) is 3.73. The summed E-state index contributed by atoms with van der Waals surface area (Å²) in [6.45, 7) is 0. The van der Waals surface area contributed by atoms with Gasteiger partial charge in [-0.25, -0.2) is 0 Å². The summed E-state index contributed by atoms with van der Waals surface area (Å²) in [5.74, 6) is 6.23. The lowest BCUT2D eigenvalue weighted by Gasteiger charge is -1.87. The van der Waals surface area contributed by atoms with Gasteiger partial charge in [-0.15, -0.1) is 0 Å². The number of para-hydroxylation sites is 1. The molecule has 0 fully saturated rings. The molecule has 3 rings (SSSR count). The Hall–Kier alpha value is -2.53. The number of benzene rings is 2. The third kappa shape index (κ3) is 1.91. The van der Waals surface area contributed by atoms with Gasteiger partial charge in [0.1, 0.15) is 5.69 Å². The Labute approximate surface area is 101 Å². The highest BCUT2D eigenvalue weighted by molar-refractivity contribution is 5.83. The van der Waals surface area contributed by atoms with Gasteiger partial charge in [0.05, 0.1) is 5.52 Å². The van der Waals surface area contributed by atoms with Gasteiger partial charge in [-0.3, -0.25) is 5.10 Å². The lowest BCUT2D eigenvalue weighted by molar-refractivity contribution is 1.10. The van der Waals surface area contributed by atoms with Gasteiger partial charge in [0, 0.05) is 12.4 Å². The third-order valence-electron chi connectivity index (χ3n) is 2.57. The summed E-state index contributed by atoms with van der Waals surface area (Å²) in [7, 11) is 0. The van der Waals surface area contributed by atoms with E-state index in [1.807, 2.05) is 54.6 Å². The maximum absolute atomic E-state index is 4.20. The first-order chi connectivity index (χ1) is 8.43. The van der Waals surface area contributed by atoms with Gasteiger partial charge in [0.2, 0.25) is 0 Å². The van der Waals surface area contributed by atoms with Crippen molar-refractivity contribution < 1.29 is 1.43 Å². The topological polar surface area (TPSA) is 28.7 Å². The first-order valence-electron chi connectivity index (χ1n) is 5.44. The van der Waals surface area contributed by atoms with Crippen molar-refractivity contribution in [2.45, 2.75) is 0 Å². The minimum absolute atomic E-state index is 0. The predicted octanol–water partition coefficient (Wildman–Crippen LogP) is 3.21. The second-order valence-electron chi connectivity index (χ2n) is 3.73. The Bertz CT molecular complexity index is 705. The minimum atomic E-state index is 0. The van der Waals surface area contributed by atoms with Crippen LogP contribution in [-0.2, 0) is 0 Å². The molecule has 2 heteroatoms. The van der Waals surface area contributed by atoms with Crippen molar-refractivity contribution in [2.75, 3.05) is 0 Å². The molecular weight excluding hydrogens is 208 g/mol. The highest BCUT2D eigenvalue weighted by atomic mass is 15.1. The van der Waals surface area contributed by atoms with Crippen LogP contribution in [0.4, 0.5) is 0 Å². The van der Waals surface area contributed by atoms with Gasteiger partial charge < -0.3 is 0 Å². The molecule has 82 valence electrons. The van der Waals surface area contributed by atoms with Crippen molar-refractivity contribution in [1.29, 1.82) is 0 Å². The number of rotatable bonds is 0. The molecule has 1 aromatic heterocycles. The summed E-state index contributed by atoms with van der Waals surface area (Å²) >= 11 is 0. The van der Waals surface area contributed by atoms with E-state index in [-0.39, 0.29) is 1.43 Å².